The van der Waals surface area contributed by atoms with Crippen LogP contribution in [0.4, 0.5) is 0 Å². The van der Waals surface area contributed by atoms with Crippen LogP contribution in [0.3, 0.4) is 0 Å². The van der Waals surface area contributed by atoms with Gasteiger partial charge in [-0.1, -0.05) is 27.7 Å². The Morgan fingerprint density at radius 1 is 1.55 bits per heavy atom. The van der Waals surface area contributed by atoms with E-state index < -0.39 is 11.7 Å². The Morgan fingerprint density at radius 3 is 3.05 bits per heavy atom. The van der Waals surface area contributed by atoms with Crippen molar-refractivity contribution < 1.29 is 9.84 Å². The van der Waals surface area contributed by atoms with Crippen molar-refractivity contribution in [3.8, 4) is 11.9 Å². The minimum atomic E-state index is -0.725. The maximum atomic E-state index is 10.9. The number of rotatable bonds is 1. The third-order valence-corrected chi connectivity index (χ3v) is 5.43. The first-order valence-electron chi connectivity index (χ1n) is 6.97. The molecular weight excluding hydrogens is 366 g/mol. The molecule has 116 valence electrons. The molecule has 2 heterocycles. The predicted octanol–water partition coefficient (Wildman–Crippen LogP) is 2.91. The van der Waals surface area contributed by atoms with Crippen molar-refractivity contribution in [2.75, 3.05) is 12.3 Å². The van der Waals surface area contributed by atoms with Crippen LogP contribution in [-0.4, -0.2) is 39.2 Å². The minimum Gasteiger partial charge on any atom is -0.485 e. The van der Waals surface area contributed by atoms with E-state index in [2.05, 4.69) is 20.9 Å². The van der Waals surface area contributed by atoms with E-state index in [1.54, 1.807) is 0 Å². The van der Waals surface area contributed by atoms with E-state index in [4.69, 9.17) is 10.00 Å². The van der Waals surface area contributed by atoms with E-state index in [0.29, 0.717) is 5.17 Å². The molecule has 5 nitrogen and oxygen atoms in total. The third kappa shape index (κ3) is 2.60. The number of thioether (sulfide) groups is 1. The standard InChI is InChI=1S/C15H16BrN3O2S/c1-15(2)13(20)12(19-5-6-22-14(19)18-8-17)10-7-9(16)3-4-11(10)21-15/h3-4,7,12-13,20H,5-6H2,1-2H3. The Kier molecular flexibility index (Phi) is 4.10. The molecule has 2 aliphatic rings. The van der Waals surface area contributed by atoms with Gasteiger partial charge in [-0.2, -0.15) is 5.26 Å². The fourth-order valence-electron chi connectivity index (χ4n) is 2.89. The SMILES string of the molecule is CC1(C)Oc2ccc(Br)cc2C(N2CCSC2=NC#N)C1O. The maximum Gasteiger partial charge on any atom is 0.208 e. The van der Waals surface area contributed by atoms with Crippen LogP contribution in [-0.2, 0) is 0 Å². The molecule has 1 saturated heterocycles. The second kappa shape index (κ2) is 5.76. The van der Waals surface area contributed by atoms with Crippen molar-refractivity contribution in [2.45, 2.75) is 31.6 Å². The molecule has 22 heavy (non-hydrogen) atoms. The molecule has 7 heteroatoms. The smallest absolute Gasteiger partial charge is 0.208 e. The topological polar surface area (TPSA) is 68.8 Å². The Morgan fingerprint density at radius 2 is 2.32 bits per heavy atom. The highest BCUT2D eigenvalue weighted by atomic mass is 79.9. The van der Waals surface area contributed by atoms with Gasteiger partial charge >= 0.3 is 0 Å². The molecule has 1 aromatic carbocycles. The van der Waals surface area contributed by atoms with E-state index in [0.717, 1.165) is 28.1 Å². The predicted molar refractivity (Wildman–Crippen MR) is 89.8 cm³/mol. The van der Waals surface area contributed by atoms with Crippen molar-refractivity contribution in [2.24, 2.45) is 4.99 Å². The van der Waals surface area contributed by atoms with Gasteiger partial charge in [0.2, 0.25) is 6.19 Å². The van der Waals surface area contributed by atoms with E-state index >= 15 is 0 Å². The first-order valence-corrected chi connectivity index (χ1v) is 8.74. The maximum absolute atomic E-state index is 10.9. The molecule has 1 N–H and O–H groups in total. The van der Waals surface area contributed by atoms with Gasteiger partial charge in [0.05, 0.1) is 6.04 Å². The van der Waals surface area contributed by atoms with Gasteiger partial charge in [0.15, 0.2) is 5.17 Å². The summed E-state index contributed by atoms with van der Waals surface area (Å²) in [5, 5.41) is 20.4. The normalized spacial score (nSPS) is 28.1. The number of ether oxygens (including phenoxy) is 1. The lowest BCUT2D eigenvalue weighted by Crippen LogP contribution is -2.53. The zero-order valence-electron chi connectivity index (χ0n) is 12.3. The number of halogens is 1. The number of benzene rings is 1. The highest BCUT2D eigenvalue weighted by molar-refractivity contribution is 9.10. The van der Waals surface area contributed by atoms with Crippen LogP contribution in [0, 0.1) is 11.5 Å². The molecule has 2 unspecified atom stereocenters. The Balaban J connectivity index is 2.11. The molecule has 2 atom stereocenters. The summed E-state index contributed by atoms with van der Waals surface area (Å²) in [6.07, 6.45) is 1.13. The van der Waals surface area contributed by atoms with Crippen molar-refractivity contribution in [1.82, 2.24) is 4.90 Å². The number of hydrogen-bond donors (Lipinski definition) is 1. The number of fused-ring (bicyclic) bond motifs is 1. The highest BCUT2D eigenvalue weighted by Gasteiger charge is 2.47. The van der Waals surface area contributed by atoms with Crippen molar-refractivity contribution in [3.05, 3.63) is 28.2 Å². The minimum absolute atomic E-state index is 0.279. The van der Waals surface area contributed by atoms with Gasteiger partial charge < -0.3 is 14.7 Å². The second-order valence-electron chi connectivity index (χ2n) is 5.81. The molecule has 0 radical (unpaired) electrons. The van der Waals surface area contributed by atoms with Crippen LogP contribution in [0.5, 0.6) is 5.75 Å². The van der Waals surface area contributed by atoms with Gasteiger partial charge in [-0.3, -0.25) is 0 Å². The van der Waals surface area contributed by atoms with Crippen molar-refractivity contribution in [3.63, 3.8) is 0 Å². The van der Waals surface area contributed by atoms with E-state index in [1.807, 2.05) is 43.1 Å². The third-order valence-electron chi connectivity index (χ3n) is 3.97. The average Bonchev–Trinajstić information content (AvgIpc) is 2.89. The quantitative estimate of drug-likeness (QED) is 0.757. The number of nitriles is 1. The lowest BCUT2D eigenvalue weighted by molar-refractivity contribution is -0.0800. The number of amidine groups is 1. The van der Waals surface area contributed by atoms with E-state index in [9.17, 15) is 5.11 Å². The molecule has 1 aromatic rings. The lowest BCUT2D eigenvalue weighted by Gasteiger charge is -2.45. The summed E-state index contributed by atoms with van der Waals surface area (Å²) in [5.41, 5.74) is 0.200. The summed E-state index contributed by atoms with van der Waals surface area (Å²) in [4.78, 5) is 5.91. The van der Waals surface area contributed by atoms with Crippen molar-refractivity contribution >= 4 is 32.9 Å². The first kappa shape index (κ1) is 15.7. The Hall–Kier alpha value is -1.23. The Bertz CT molecular complexity index is 671. The van der Waals surface area contributed by atoms with Crippen LogP contribution in [0.15, 0.2) is 27.7 Å². The Labute approximate surface area is 142 Å². The largest absolute Gasteiger partial charge is 0.485 e. The fraction of sp³-hybridized carbons (Fsp3) is 0.467. The van der Waals surface area contributed by atoms with Gasteiger partial charge in [-0.25, -0.2) is 0 Å². The number of nitrogens with zero attached hydrogens (tertiary/aromatic N) is 3. The number of aliphatic imine (C=N–C) groups is 1. The summed E-state index contributed by atoms with van der Waals surface area (Å²) in [6.45, 7) is 4.49. The molecule has 2 aliphatic heterocycles. The highest BCUT2D eigenvalue weighted by Crippen LogP contribution is 2.45. The van der Waals surface area contributed by atoms with E-state index in [-0.39, 0.29) is 6.04 Å². The van der Waals surface area contributed by atoms with Gasteiger partial charge in [0.1, 0.15) is 17.5 Å². The van der Waals surface area contributed by atoms with Crippen LogP contribution in [0.25, 0.3) is 0 Å². The van der Waals surface area contributed by atoms with Crippen LogP contribution in [0.2, 0.25) is 0 Å². The van der Waals surface area contributed by atoms with Crippen molar-refractivity contribution in [1.29, 1.82) is 5.26 Å². The molecule has 1 fully saturated rings. The van der Waals surface area contributed by atoms with Crippen LogP contribution < -0.4 is 4.74 Å². The molecule has 0 saturated carbocycles. The number of hydrogen-bond acceptors (Lipinski definition) is 5. The summed E-state index contributed by atoms with van der Waals surface area (Å²) in [6, 6.07) is 5.51. The molecule has 0 bridgehead atoms. The van der Waals surface area contributed by atoms with E-state index in [1.165, 1.54) is 11.8 Å². The van der Waals surface area contributed by atoms with Crippen LogP contribution >= 0.6 is 27.7 Å². The summed E-state index contributed by atoms with van der Waals surface area (Å²) < 4.78 is 6.89. The zero-order valence-corrected chi connectivity index (χ0v) is 14.7. The number of aliphatic hydroxyl groups is 1. The zero-order chi connectivity index (χ0) is 15.9. The molecule has 0 amide bonds. The fourth-order valence-corrected chi connectivity index (χ4v) is 4.21. The second-order valence-corrected chi connectivity index (χ2v) is 7.79. The average molecular weight is 382 g/mol. The molecule has 0 aliphatic carbocycles. The summed E-state index contributed by atoms with van der Waals surface area (Å²) >= 11 is 5.02. The van der Waals surface area contributed by atoms with Gasteiger partial charge in [-0.05, 0) is 32.0 Å². The summed E-state index contributed by atoms with van der Waals surface area (Å²) in [5.74, 6) is 1.62. The monoisotopic (exact) mass is 381 g/mol. The van der Waals surface area contributed by atoms with Gasteiger partial charge in [-0.15, -0.1) is 4.99 Å². The molecule has 0 spiro atoms. The van der Waals surface area contributed by atoms with Gasteiger partial charge in [0, 0.05) is 22.3 Å². The number of aliphatic hydroxyl groups excluding tert-OH is 1. The van der Waals surface area contributed by atoms with Crippen LogP contribution in [0.1, 0.15) is 25.5 Å². The molecule has 0 aromatic heterocycles. The molecule has 3 rings (SSSR count). The first-order chi connectivity index (χ1) is 10.4. The lowest BCUT2D eigenvalue weighted by atomic mass is 9.86. The molecular formula is C15H16BrN3O2S. The van der Waals surface area contributed by atoms with Gasteiger partial charge in [0.25, 0.3) is 0 Å². The summed E-state index contributed by atoms with van der Waals surface area (Å²) in [7, 11) is 0.